The molecule has 1 amide bonds. The van der Waals surface area contributed by atoms with E-state index in [1.807, 2.05) is 0 Å². The maximum absolute atomic E-state index is 11.7. The maximum atomic E-state index is 11.7. The number of carbonyl (C=O) groups is 1. The van der Waals surface area contributed by atoms with Gasteiger partial charge in [0.25, 0.3) is 0 Å². The first-order valence-electron chi connectivity index (χ1n) is 5.71. The molecule has 0 bridgehead atoms. The molecule has 1 aliphatic heterocycles. The summed E-state index contributed by atoms with van der Waals surface area (Å²) in [6.45, 7) is 1.55. The van der Waals surface area contributed by atoms with Crippen LogP contribution in [0.15, 0.2) is 6.33 Å². The highest BCUT2D eigenvalue weighted by molar-refractivity contribution is 5.81. The molecule has 88 valence electrons. The van der Waals surface area contributed by atoms with Gasteiger partial charge >= 0.3 is 0 Å². The fourth-order valence-corrected chi connectivity index (χ4v) is 1.85. The lowest BCUT2D eigenvalue weighted by molar-refractivity contribution is -0.123. The van der Waals surface area contributed by atoms with Crippen LogP contribution in [0.5, 0.6) is 0 Å². The van der Waals surface area contributed by atoms with Crippen LogP contribution in [0.3, 0.4) is 0 Å². The van der Waals surface area contributed by atoms with Crippen LogP contribution in [-0.4, -0.2) is 40.2 Å². The first-order valence-corrected chi connectivity index (χ1v) is 5.71. The first-order chi connectivity index (χ1) is 7.86. The molecule has 0 radical (unpaired) electrons. The minimum atomic E-state index is -0.0107. The van der Waals surface area contributed by atoms with Gasteiger partial charge in [0.1, 0.15) is 12.2 Å². The van der Waals surface area contributed by atoms with E-state index in [4.69, 9.17) is 0 Å². The van der Waals surface area contributed by atoms with Crippen LogP contribution in [0.25, 0.3) is 0 Å². The minimum Gasteiger partial charge on any atom is -0.354 e. The quantitative estimate of drug-likeness (QED) is 0.649. The standard InChI is InChI=1S/C10H17N5O/c16-10(8-3-1-2-5-11-8)12-6-4-9-13-7-14-15-9/h7-8,11H,1-6H2,(H,12,16)(H,13,14,15)/t8-/m1/s1. The normalized spacial score (nSPS) is 20.6. The van der Waals surface area contributed by atoms with Crippen molar-refractivity contribution in [3.8, 4) is 0 Å². The summed E-state index contributed by atoms with van der Waals surface area (Å²) >= 11 is 0. The lowest BCUT2D eigenvalue weighted by Gasteiger charge is -2.22. The van der Waals surface area contributed by atoms with Crippen molar-refractivity contribution in [2.45, 2.75) is 31.7 Å². The van der Waals surface area contributed by atoms with Crippen LogP contribution in [0, 0.1) is 0 Å². The number of rotatable bonds is 4. The van der Waals surface area contributed by atoms with Crippen molar-refractivity contribution in [3.63, 3.8) is 0 Å². The lowest BCUT2D eigenvalue weighted by atomic mass is 10.0. The molecule has 0 spiro atoms. The predicted octanol–water partition coefficient (Wildman–Crippen LogP) is -0.395. The Balaban J connectivity index is 1.67. The SMILES string of the molecule is O=C(NCCc1ncn[nH]1)[C@H]1CCCCN1. The molecule has 1 fully saturated rings. The Morgan fingerprint density at radius 3 is 3.19 bits per heavy atom. The summed E-state index contributed by atoms with van der Waals surface area (Å²) in [7, 11) is 0. The smallest absolute Gasteiger partial charge is 0.237 e. The average molecular weight is 223 g/mol. The number of aromatic nitrogens is 3. The Hall–Kier alpha value is -1.43. The van der Waals surface area contributed by atoms with Crippen molar-refractivity contribution in [1.29, 1.82) is 0 Å². The van der Waals surface area contributed by atoms with Gasteiger partial charge in [0.2, 0.25) is 5.91 Å². The van der Waals surface area contributed by atoms with Gasteiger partial charge in [0.15, 0.2) is 0 Å². The molecule has 3 N–H and O–H groups in total. The summed E-state index contributed by atoms with van der Waals surface area (Å²) in [4.78, 5) is 15.7. The maximum Gasteiger partial charge on any atom is 0.237 e. The molecule has 6 nitrogen and oxygen atoms in total. The highest BCUT2D eigenvalue weighted by Gasteiger charge is 2.19. The topological polar surface area (TPSA) is 82.7 Å². The van der Waals surface area contributed by atoms with Gasteiger partial charge in [-0.1, -0.05) is 6.42 Å². The van der Waals surface area contributed by atoms with E-state index in [0.717, 1.165) is 25.2 Å². The molecular weight excluding hydrogens is 206 g/mol. The molecule has 6 heteroatoms. The predicted molar refractivity (Wildman–Crippen MR) is 58.7 cm³/mol. The van der Waals surface area contributed by atoms with Gasteiger partial charge < -0.3 is 10.6 Å². The van der Waals surface area contributed by atoms with Crippen LogP contribution in [0.1, 0.15) is 25.1 Å². The van der Waals surface area contributed by atoms with E-state index in [-0.39, 0.29) is 11.9 Å². The van der Waals surface area contributed by atoms with Crippen molar-refractivity contribution in [3.05, 3.63) is 12.2 Å². The van der Waals surface area contributed by atoms with Crippen molar-refractivity contribution < 1.29 is 4.79 Å². The molecule has 16 heavy (non-hydrogen) atoms. The molecule has 2 heterocycles. The van der Waals surface area contributed by atoms with Crippen LogP contribution < -0.4 is 10.6 Å². The number of H-pyrrole nitrogens is 1. The molecule has 0 saturated carbocycles. The van der Waals surface area contributed by atoms with Gasteiger partial charge in [-0.2, -0.15) is 5.10 Å². The van der Waals surface area contributed by atoms with Gasteiger partial charge in [0.05, 0.1) is 6.04 Å². The second-order valence-electron chi connectivity index (χ2n) is 3.98. The summed E-state index contributed by atoms with van der Waals surface area (Å²) in [6, 6.07) is -0.0107. The van der Waals surface area contributed by atoms with Gasteiger partial charge in [-0.15, -0.1) is 0 Å². The Morgan fingerprint density at radius 2 is 2.50 bits per heavy atom. The molecule has 0 aliphatic carbocycles. The van der Waals surface area contributed by atoms with Crippen LogP contribution in [-0.2, 0) is 11.2 Å². The van der Waals surface area contributed by atoms with E-state index in [0.29, 0.717) is 13.0 Å². The van der Waals surface area contributed by atoms with E-state index in [1.54, 1.807) is 0 Å². The number of hydrogen-bond donors (Lipinski definition) is 3. The molecule has 0 unspecified atom stereocenters. The second kappa shape index (κ2) is 5.60. The van der Waals surface area contributed by atoms with E-state index < -0.39 is 0 Å². The fourth-order valence-electron chi connectivity index (χ4n) is 1.85. The average Bonchev–Trinajstić information content (AvgIpc) is 2.83. The summed E-state index contributed by atoms with van der Waals surface area (Å²) in [6.07, 6.45) is 5.40. The van der Waals surface area contributed by atoms with Crippen LogP contribution in [0.2, 0.25) is 0 Å². The number of nitrogens with zero attached hydrogens (tertiary/aromatic N) is 2. The van der Waals surface area contributed by atoms with Crippen molar-refractivity contribution in [1.82, 2.24) is 25.8 Å². The van der Waals surface area contributed by atoms with E-state index in [2.05, 4.69) is 25.8 Å². The molecule has 0 aromatic carbocycles. The Morgan fingerprint density at radius 1 is 1.56 bits per heavy atom. The van der Waals surface area contributed by atoms with E-state index in [9.17, 15) is 4.79 Å². The minimum absolute atomic E-state index is 0.0107. The van der Waals surface area contributed by atoms with Crippen LogP contribution >= 0.6 is 0 Å². The molecular formula is C10H17N5O. The zero-order valence-electron chi connectivity index (χ0n) is 9.20. The Labute approximate surface area is 94.2 Å². The monoisotopic (exact) mass is 223 g/mol. The number of amides is 1. The van der Waals surface area contributed by atoms with Gasteiger partial charge in [-0.25, -0.2) is 4.98 Å². The third kappa shape index (κ3) is 3.03. The summed E-state index contributed by atoms with van der Waals surface area (Å²) < 4.78 is 0. The van der Waals surface area contributed by atoms with Crippen molar-refractivity contribution in [2.75, 3.05) is 13.1 Å². The zero-order valence-corrected chi connectivity index (χ0v) is 9.20. The van der Waals surface area contributed by atoms with Crippen molar-refractivity contribution >= 4 is 5.91 Å². The summed E-state index contributed by atoms with van der Waals surface area (Å²) in [5.74, 6) is 0.899. The molecule has 1 aromatic heterocycles. The largest absolute Gasteiger partial charge is 0.354 e. The van der Waals surface area contributed by atoms with Crippen LogP contribution in [0.4, 0.5) is 0 Å². The van der Waals surface area contributed by atoms with Crippen molar-refractivity contribution in [2.24, 2.45) is 0 Å². The zero-order chi connectivity index (χ0) is 11.2. The highest BCUT2D eigenvalue weighted by Crippen LogP contribution is 2.06. The summed E-state index contributed by atoms with van der Waals surface area (Å²) in [5.41, 5.74) is 0. The van der Waals surface area contributed by atoms with E-state index >= 15 is 0 Å². The fraction of sp³-hybridized carbons (Fsp3) is 0.700. The molecule has 1 atom stereocenters. The number of nitrogens with one attached hydrogen (secondary N) is 3. The summed E-state index contributed by atoms with van der Waals surface area (Å²) in [5, 5.41) is 12.6. The third-order valence-corrected chi connectivity index (χ3v) is 2.75. The first kappa shape index (κ1) is 11.1. The Kier molecular flexibility index (Phi) is 3.87. The highest BCUT2D eigenvalue weighted by atomic mass is 16.2. The van der Waals surface area contributed by atoms with Gasteiger partial charge in [-0.3, -0.25) is 9.89 Å². The third-order valence-electron chi connectivity index (χ3n) is 2.75. The molecule has 1 aromatic rings. The Bertz CT molecular complexity index is 318. The number of aromatic amines is 1. The number of carbonyl (C=O) groups excluding carboxylic acids is 1. The molecule has 1 aliphatic rings. The van der Waals surface area contributed by atoms with E-state index in [1.165, 1.54) is 12.7 Å². The van der Waals surface area contributed by atoms with Gasteiger partial charge in [-0.05, 0) is 19.4 Å². The second-order valence-corrected chi connectivity index (χ2v) is 3.98. The number of piperidine rings is 1. The van der Waals surface area contributed by atoms with Gasteiger partial charge in [0, 0.05) is 13.0 Å². The molecule has 1 saturated heterocycles. The lowest BCUT2D eigenvalue weighted by Crippen LogP contribution is -2.47. The molecule has 2 rings (SSSR count). The number of hydrogen-bond acceptors (Lipinski definition) is 4.